The third-order valence-corrected chi connectivity index (χ3v) is 3.17. The van der Waals surface area contributed by atoms with Crippen molar-refractivity contribution in [3.05, 3.63) is 23.5 Å². The number of hydrogen-bond acceptors (Lipinski definition) is 3. The number of hydrogen-bond donors (Lipinski definition) is 1. The molecule has 66 valence electrons. The van der Waals surface area contributed by atoms with E-state index in [4.69, 9.17) is 0 Å². The van der Waals surface area contributed by atoms with Crippen LogP contribution in [0.5, 0.6) is 0 Å². The van der Waals surface area contributed by atoms with E-state index in [0.29, 0.717) is 5.57 Å². The standard InChI is InChI=1S/C9H12O2S/c1-4-5-9(3)7(10)6(2)8(11)12-9/h4-5,10H,1-3H3/b5-4+/t9-/m1/s1. The first-order chi connectivity index (χ1) is 5.51. The van der Waals surface area contributed by atoms with Gasteiger partial charge >= 0.3 is 0 Å². The zero-order valence-electron chi connectivity index (χ0n) is 7.42. The molecule has 0 fully saturated rings. The summed E-state index contributed by atoms with van der Waals surface area (Å²) in [6.45, 7) is 5.36. The van der Waals surface area contributed by atoms with Gasteiger partial charge in [-0.25, -0.2) is 0 Å². The van der Waals surface area contributed by atoms with Gasteiger partial charge in [-0.15, -0.1) is 0 Å². The largest absolute Gasteiger partial charge is 0.510 e. The maximum atomic E-state index is 11.2. The van der Waals surface area contributed by atoms with Crippen LogP contribution in [0.2, 0.25) is 0 Å². The number of aliphatic hydroxyl groups is 1. The molecule has 2 nitrogen and oxygen atoms in total. The number of carbonyl (C=O) groups is 1. The van der Waals surface area contributed by atoms with E-state index in [1.807, 2.05) is 26.0 Å². The molecule has 0 saturated heterocycles. The van der Waals surface area contributed by atoms with E-state index < -0.39 is 4.75 Å². The van der Waals surface area contributed by atoms with Crippen molar-refractivity contribution in [1.82, 2.24) is 0 Å². The van der Waals surface area contributed by atoms with Gasteiger partial charge in [0.25, 0.3) is 0 Å². The summed E-state index contributed by atoms with van der Waals surface area (Å²) in [4.78, 5) is 11.2. The molecule has 3 heteroatoms. The lowest BCUT2D eigenvalue weighted by Crippen LogP contribution is -2.16. The van der Waals surface area contributed by atoms with Gasteiger partial charge in [0.2, 0.25) is 5.12 Å². The molecule has 1 rings (SSSR count). The molecule has 0 aromatic rings. The summed E-state index contributed by atoms with van der Waals surface area (Å²) in [5.74, 6) is 0.190. The van der Waals surface area contributed by atoms with Gasteiger partial charge in [0.1, 0.15) is 5.76 Å². The van der Waals surface area contributed by atoms with Crippen LogP contribution in [0.4, 0.5) is 0 Å². The van der Waals surface area contributed by atoms with Gasteiger partial charge in [0.05, 0.1) is 4.75 Å². The Morgan fingerprint density at radius 3 is 2.50 bits per heavy atom. The van der Waals surface area contributed by atoms with Crippen LogP contribution in [0.1, 0.15) is 20.8 Å². The second-order valence-corrected chi connectivity index (χ2v) is 4.39. The van der Waals surface area contributed by atoms with E-state index in [1.165, 1.54) is 0 Å². The summed E-state index contributed by atoms with van der Waals surface area (Å²) in [6, 6.07) is 0. The van der Waals surface area contributed by atoms with Crippen LogP contribution < -0.4 is 0 Å². The molecular weight excluding hydrogens is 172 g/mol. The molecule has 0 unspecified atom stereocenters. The predicted molar refractivity (Wildman–Crippen MR) is 51.1 cm³/mol. The summed E-state index contributed by atoms with van der Waals surface area (Å²) in [5.41, 5.74) is 0.473. The highest BCUT2D eigenvalue weighted by Gasteiger charge is 2.39. The Labute approximate surface area is 76.4 Å². The zero-order chi connectivity index (χ0) is 9.35. The summed E-state index contributed by atoms with van der Waals surface area (Å²) in [6.07, 6.45) is 3.68. The maximum absolute atomic E-state index is 11.2. The molecule has 1 heterocycles. The molecule has 12 heavy (non-hydrogen) atoms. The topological polar surface area (TPSA) is 37.3 Å². The average Bonchev–Trinajstić information content (AvgIpc) is 2.17. The quantitative estimate of drug-likeness (QED) is 0.636. The van der Waals surface area contributed by atoms with Crippen molar-refractivity contribution in [2.45, 2.75) is 25.5 Å². The van der Waals surface area contributed by atoms with E-state index in [-0.39, 0.29) is 10.9 Å². The minimum absolute atomic E-state index is 0.0342. The smallest absolute Gasteiger partial charge is 0.219 e. The molecule has 0 aliphatic carbocycles. The minimum Gasteiger partial charge on any atom is -0.510 e. The van der Waals surface area contributed by atoms with Crippen LogP contribution in [0.3, 0.4) is 0 Å². The molecule has 0 aromatic carbocycles. The highest BCUT2D eigenvalue weighted by Crippen LogP contribution is 2.42. The molecule has 1 atom stereocenters. The van der Waals surface area contributed by atoms with Gasteiger partial charge in [-0.2, -0.15) is 0 Å². The summed E-state index contributed by atoms with van der Waals surface area (Å²) in [7, 11) is 0. The second kappa shape index (κ2) is 2.98. The van der Waals surface area contributed by atoms with Crippen LogP contribution in [0.25, 0.3) is 0 Å². The van der Waals surface area contributed by atoms with Crippen LogP contribution in [-0.2, 0) is 4.79 Å². The highest BCUT2D eigenvalue weighted by atomic mass is 32.2. The van der Waals surface area contributed by atoms with Gasteiger partial charge in [0.15, 0.2) is 0 Å². The van der Waals surface area contributed by atoms with Crippen LogP contribution in [-0.4, -0.2) is 15.0 Å². The van der Waals surface area contributed by atoms with Crippen molar-refractivity contribution < 1.29 is 9.90 Å². The molecular formula is C9H12O2S. The Hall–Kier alpha value is -0.700. The van der Waals surface area contributed by atoms with Crippen molar-refractivity contribution in [1.29, 1.82) is 0 Å². The fourth-order valence-electron chi connectivity index (χ4n) is 1.22. The average molecular weight is 184 g/mol. The van der Waals surface area contributed by atoms with Gasteiger partial charge in [-0.05, 0) is 20.8 Å². The monoisotopic (exact) mass is 184 g/mol. The molecule has 0 spiro atoms. The molecule has 1 N–H and O–H groups in total. The third kappa shape index (κ3) is 1.29. The Morgan fingerprint density at radius 1 is 1.58 bits per heavy atom. The fraction of sp³-hybridized carbons (Fsp3) is 0.444. The van der Waals surface area contributed by atoms with Gasteiger partial charge < -0.3 is 5.11 Å². The van der Waals surface area contributed by atoms with Crippen LogP contribution >= 0.6 is 11.8 Å². The maximum Gasteiger partial charge on any atom is 0.219 e. The van der Waals surface area contributed by atoms with E-state index in [1.54, 1.807) is 6.92 Å². The summed E-state index contributed by atoms with van der Waals surface area (Å²) < 4.78 is -0.532. The zero-order valence-corrected chi connectivity index (χ0v) is 8.23. The number of thioether (sulfide) groups is 1. The molecule has 1 aliphatic rings. The Balaban J connectivity index is 3.07. The van der Waals surface area contributed by atoms with Gasteiger partial charge in [-0.3, -0.25) is 4.79 Å². The van der Waals surface area contributed by atoms with Crippen LogP contribution in [0, 0.1) is 0 Å². The molecule has 0 amide bonds. The molecule has 0 aromatic heterocycles. The van der Waals surface area contributed by atoms with E-state index >= 15 is 0 Å². The lowest BCUT2D eigenvalue weighted by molar-refractivity contribution is -0.107. The minimum atomic E-state index is -0.532. The first-order valence-corrected chi connectivity index (χ1v) is 4.60. The first-order valence-electron chi connectivity index (χ1n) is 3.79. The fourth-order valence-corrected chi connectivity index (χ4v) is 2.31. The first kappa shape index (κ1) is 9.39. The summed E-state index contributed by atoms with van der Waals surface area (Å²) in [5, 5.41) is 9.57. The summed E-state index contributed by atoms with van der Waals surface area (Å²) >= 11 is 1.16. The third-order valence-electron chi connectivity index (χ3n) is 1.92. The van der Waals surface area contributed by atoms with E-state index in [2.05, 4.69) is 0 Å². The molecule has 0 bridgehead atoms. The van der Waals surface area contributed by atoms with Crippen molar-refractivity contribution in [3.63, 3.8) is 0 Å². The number of rotatable bonds is 1. The van der Waals surface area contributed by atoms with Crippen LogP contribution in [0.15, 0.2) is 23.5 Å². The molecule has 1 aliphatic heterocycles. The lowest BCUT2D eigenvalue weighted by Gasteiger charge is -2.16. The van der Waals surface area contributed by atoms with E-state index in [0.717, 1.165) is 11.8 Å². The lowest BCUT2D eigenvalue weighted by atomic mass is 10.1. The SMILES string of the molecule is C/C=C/[C@@]1(C)SC(=O)C(C)=C1O. The van der Waals surface area contributed by atoms with E-state index in [9.17, 15) is 9.90 Å². The highest BCUT2D eigenvalue weighted by molar-refractivity contribution is 8.16. The Morgan fingerprint density at radius 2 is 2.17 bits per heavy atom. The Bertz CT molecular complexity index is 278. The second-order valence-electron chi connectivity index (χ2n) is 2.97. The number of carbonyl (C=O) groups excluding carboxylic acids is 1. The normalized spacial score (nSPS) is 30.8. The van der Waals surface area contributed by atoms with Gasteiger partial charge in [-0.1, -0.05) is 23.9 Å². The molecule has 0 radical (unpaired) electrons. The van der Waals surface area contributed by atoms with Crippen molar-refractivity contribution in [2.24, 2.45) is 0 Å². The van der Waals surface area contributed by atoms with Crippen molar-refractivity contribution >= 4 is 16.9 Å². The Kier molecular flexibility index (Phi) is 2.33. The molecule has 0 saturated carbocycles. The van der Waals surface area contributed by atoms with Crippen molar-refractivity contribution in [3.8, 4) is 0 Å². The predicted octanol–water partition coefficient (Wildman–Crippen LogP) is 2.43. The number of aliphatic hydroxyl groups excluding tert-OH is 1. The van der Waals surface area contributed by atoms with Gasteiger partial charge in [0, 0.05) is 5.57 Å². The number of allylic oxidation sites excluding steroid dienone is 1. The van der Waals surface area contributed by atoms with Crippen molar-refractivity contribution in [2.75, 3.05) is 0 Å².